The minimum absolute atomic E-state index is 0.0405. The van der Waals surface area contributed by atoms with Crippen LogP contribution in [0.1, 0.15) is 18.9 Å². The summed E-state index contributed by atoms with van der Waals surface area (Å²) >= 11 is 0. The Hall–Kier alpha value is -1.97. The molecule has 1 aliphatic carbocycles. The SMILES string of the molecule is C[C@H]1C[C@H]1C(=O)NCC(=O)NCc1ccc(S(=O)(=O)N2CCOCC2)cc1. The highest BCUT2D eigenvalue weighted by atomic mass is 32.2. The fourth-order valence-corrected chi connectivity index (χ4v) is 4.37. The lowest BCUT2D eigenvalue weighted by atomic mass is 10.2. The van der Waals surface area contributed by atoms with Gasteiger partial charge in [0, 0.05) is 25.6 Å². The predicted octanol–water partition coefficient (Wildman–Crippen LogP) is 0.0959. The zero-order chi connectivity index (χ0) is 19.4. The number of nitrogens with one attached hydrogen (secondary N) is 2. The van der Waals surface area contributed by atoms with Crippen molar-refractivity contribution in [3.8, 4) is 0 Å². The predicted molar refractivity (Wildman–Crippen MR) is 98.1 cm³/mol. The monoisotopic (exact) mass is 395 g/mol. The summed E-state index contributed by atoms with van der Waals surface area (Å²) in [4.78, 5) is 23.8. The molecule has 8 nitrogen and oxygen atoms in total. The highest BCUT2D eigenvalue weighted by molar-refractivity contribution is 7.89. The summed E-state index contributed by atoms with van der Waals surface area (Å²) in [7, 11) is -3.52. The first-order chi connectivity index (χ1) is 12.9. The van der Waals surface area contributed by atoms with E-state index in [9.17, 15) is 18.0 Å². The first-order valence-corrected chi connectivity index (χ1v) is 10.5. The van der Waals surface area contributed by atoms with Crippen molar-refractivity contribution in [2.75, 3.05) is 32.8 Å². The van der Waals surface area contributed by atoms with Crippen LogP contribution in [0.3, 0.4) is 0 Å². The van der Waals surface area contributed by atoms with Crippen LogP contribution in [0, 0.1) is 11.8 Å². The number of carbonyl (C=O) groups is 2. The molecule has 0 spiro atoms. The number of hydrogen-bond acceptors (Lipinski definition) is 5. The molecule has 2 amide bonds. The average molecular weight is 395 g/mol. The van der Waals surface area contributed by atoms with Crippen molar-refractivity contribution in [2.45, 2.75) is 24.8 Å². The largest absolute Gasteiger partial charge is 0.379 e. The molecule has 2 aliphatic rings. The van der Waals surface area contributed by atoms with Gasteiger partial charge in [-0.25, -0.2) is 8.42 Å². The zero-order valence-corrected chi connectivity index (χ0v) is 16.1. The summed E-state index contributed by atoms with van der Waals surface area (Å²) < 4.78 is 31.7. The molecule has 1 saturated carbocycles. The Kier molecular flexibility index (Phi) is 6.13. The maximum absolute atomic E-state index is 12.6. The van der Waals surface area contributed by atoms with E-state index in [4.69, 9.17) is 4.74 Å². The number of sulfonamides is 1. The smallest absolute Gasteiger partial charge is 0.243 e. The van der Waals surface area contributed by atoms with Crippen molar-refractivity contribution in [3.63, 3.8) is 0 Å². The van der Waals surface area contributed by atoms with Crippen LogP contribution in [-0.2, 0) is 30.9 Å². The molecule has 1 aromatic carbocycles. The maximum Gasteiger partial charge on any atom is 0.243 e. The van der Waals surface area contributed by atoms with E-state index < -0.39 is 10.0 Å². The number of carbonyl (C=O) groups excluding carboxylic acids is 2. The quantitative estimate of drug-likeness (QED) is 0.681. The van der Waals surface area contributed by atoms with Crippen LogP contribution in [0.2, 0.25) is 0 Å². The molecule has 0 bridgehead atoms. The third kappa shape index (κ3) is 5.06. The minimum atomic E-state index is -3.52. The molecule has 9 heteroatoms. The number of ether oxygens (including phenoxy) is 1. The number of hydrogen-bond donors (Lipinski definition) is 2. The lowest BCUT2D eigenvalue weighted by Gasteiger charge is -2.26. The second kappa shape index (κ2) is 8.37. The van der Waals surface area contributed by atoms with E-state index in [-0.39, 0.29) is 35.7 Å². The number of morpholine rings is 1. The molecule has 2 atom stereocenters. The number of nitrogens with zero attached hydrogens (tertiary/aromatic N) is 1. The molecule has 148 valence electrons. The summed E-state index contributed by atoms with van der Waals surface area (Å²) in [6.45, 7) is 3.74. The molecule has 3 rings (SSSR count). The van der Waals surface area contributed by atoms with Crippen molar-refractivity contribution >= 4 is 21.8 Å². The van der Waals surface area contributed by atoms with Gasteiger partial charge >= 0.3 is 0 Å². The van der Waals surface area contributed by atoms with Gasteiger partial charge in [0.2, 0.25) is 21.8 Å². The summed E-state index contributed by atoms with van der Waals surface area (Å²) in [6.07, 6.45) is 0.882. The highest BCUT2D eigenvalue weighted by Crippen LogP contribution is 2.37. The topological polar surface area (TPSA) is 105 Å². The third-order valence-electron chi connectivity index (χ3n) is 4.89. The van der Waals surface area contributed by atoms with Crippen LogP contribution in [0.5, 0.6) is 0 Å². The fourth-order valence-electron chi connectivity index (χ4n) is 2.96. The molecule has 0 unspecified atom stereocenters. The minimum Gasteiger partial charge on any atom is -0.379 e. The average Bonchev–Trinajstić information content (AvgIpc) is 3.42. The van der Waals surface area contributed by atoms with Gasteiger partial charge in [0.15, 0.2) is 0 Å². The van der Waals surface area contributed by atoms with Crippen molar-refractivity contribution in [2.24, 2.45) is 11.8 Å². The molecule has 1 aliphatic heterocycles. The van der Waals surface area contributed by atoms with Crippen LogP contribution in [-0.4, -0.2) is 57.4 Å². The van der Waals surface area contributed by atoms with Gasteiger partial charge in [-0.2, -0.15) is 4.31 Å². The summed E-state index contributed by atoms with van der Waals surface area (Å²) in [5, 5.41) is 5.35. The summed E-state index contributed by atoms with van der Waals surface area (Å²) in [5.41, 5.74) is 0.784. The second-order valence-electron chi connectivity index (χ2n) is 6.97. The molecular weight excluding hydrogens is 370 g/mol. The Bertz CT molecular complexity index is 788. The fraction of sp³-hybridized carbons (Fsp3) is 0.556. The Morgan fingerprint density at radius 2 is 1.78 bits per heavy atom. The van der Waals surface area contributed by atoms with Crippen molar-refractivity contribution in [1.29, 1.82) is 0 Å². The van der Waals surface area contributed by atoms with Crippen LogP contribution >= 0.6 is 0 Å². The van der Waals surface area contributed by atoms with Gasteiger partial charge in [-0.15, -0.1) is 0 Å². The first-order valence-electron chi connectivity index (χ1n) is 9.09. The molecule has 1 saturated heterocycles. The van der Waals surface area contributed by atoms with Crippen LogP contribution in [0.15, 0.2) is 29.2 Å². The Labute approximate surface area is 159 Å². The molecule has 1 heterocycles. The number of amides is 2. The standard InChI is InChI=1S/C18H25N3O5S/c1-13-10-16(13)18(23)20-12-17(22)19-11-14-2-4-15(5-3-14)27(24,25)21-6-8-26-9-7-21/h2-5,13,16H,6-12H2,1H3,(H,19,22)(H,20,23)/t13-,16+/m0/s1. The van der Waals surface area contributed by atoms with Gasteiger partial charge in [-0.05, 0) is 30.0 Å². The van der Waals surface area contributed by atoms with E-state index in [1.807, 2.05) is 6.92 Å². The second-order valence-corrected chi connectivity index (χ2v) is 8.91. The van der Waals surface area contributed by atoms with Gasteiger partial charge in [-0.1, -0.05) is 19.1 Å². The van der Waals surface area contributed by atoms with E-state index in [0.29, 0.717) is 32.2 Å². The Morgan fingerprint density at radius 1 is 1.15 bits per heavy atom. The molecule has 1 aromatic rings. The molecule has 2 N–H and O–H groups in total. The van der Waals surface area contributed by atoms with Gasteiger partial charge in [-0.3, -0.25) is 9.59 Å². The number of benzene rings is 1. The Balaban J connectivity index is 1.47. The van der Waals surface area contributed by atoms with Crippen LogP contribution < -0.4 is 10.6 Å². The molecular formula is C18H25N3O5S. The van der Waals surface area contributed by atoms with E-state index in [1.165, 1.54) is 4.31 Å². The molecule has 2 fully saturated rings. The third-order valence-corrected chi connectivity index (χ3v) is 6.80. The lowest BCUT2D eigenvalue weighted by molar-refractivity contribution is -0.127. The van der Waals surface area contributed by atoms with Crippen molar-refractivity contribution in [1.82, 2.24) is 14.9 Å². The van der Waals surface area contributed by atoms with Crippen molar-refractivity contribution < 1.29 is 22.7 Å². The highest BCUT2D eigenvalue weighted by Gasteiger charge is 2.38. The summed E-state index contributed by atoms with van der Waals surface area (Å²) in [5.74, 6) is 0.0936. The lowest BCUT2D eigenvalue weighted by Crippen LogP contribution is -2.40. The number of rotatable bonds is 7. The van der Waals surface area contributed by atoms with Crippen LogP contribution in [0.4, 0.5) is 0 Å². The maximum atomic E-state index is 12.6. The van der Waals surface area contributed by atoms with Crippen molar-refractivity contribution in [3.05, 3.63) is 29.8 Å². The Morgan fingerprint density at radius 3 is 2.37 bits per heavy atom. The van der Waals surface area contributed by atoms with E-state index >= 15 is 0 Å². The zero-order valence-electron chi connectivity index (χ0n) is 15.3. The van der Waals surface area contributed by atoms with E-state index in [1.54, 1.807) is 24.3 Å². The van der Waals surface area contributed by atoms with Crippen LogP contribution in [0.25, 0.3) is 0 Å². The molecule has 27 heavy (non-hydrogen) atoms. The van der Waals surface area contributed by atoms with Gasteiger partial charge in [0.05, 0.1) is 24.7 Å². The van der Waals surface area contributed by atoms with Gasteiger partial charge in [0.25, 0.3) is 0 Å². The van der Waals surface area contributed by atoms with E-state index in [0.717, 1.165) is 12.0 Å². The van der Waals surface area contributed by atoms with Gasteiger partial charge in [0.1, 0.15) is 0 Å². The first kappa shape index (κ1) is 19.8. The summed E-state index contributed by atoms with van der Waals surface area (Å²) in [6, 6.07) is 6.45. The molecule has 0 radical (unpaired) electrons. The normalized spacial score (nSPS) is 22.9. The van der Waals surface area contributed by atoms with Gasteiger partial charge < -0.3 is 15.4 Å². The molecule has 0 aromatic heterocycles. The van der Waals surface area contributed by atoms with E-state index in [2.05, 4.69) is 10.6 Å².